The van der Waals surface area contributed by atoms with Crippen molar-refractivity contribution in [2.24, 2.45) is 0 Å². The number of anilines is 2. The van der Waals surface area contributed by atoms with Gasteiger partial charge in [-0.05, 0) is 55.4 Å². The molecule has 3 rings (SSSR count). The van der Waals surface area contributed by atoms with E-state index >= 15 is 0 Å². The molecule has 0 atom stereocenters. The van der Waals surface area contributed by atoms with E-state index in [1.807, 2.05) is 48.5 Å². The molecule has 1 aliphatic heterocycles. The number of carbonyl (C=O) groups is 2. The molecule has 0 aliphatic carbocycles. The summed E-state index contributed by atoms with van der Waals surface area (Å²) in [5, 5.41) is 2.89. The molecule has 1 heterocycles. The lowest BCUT2D eigenvalue weighted by Crippen LogP contribution is -2.28. The molecule has 1 aliphatic rings. The van der Waals surface area contributed by atoms with Crippen molar-refractivity contribution in [3.8, 4) is 5.75 Å². The van der Waals surface area contributed by atoms with Crippen molar-refractivity contribution in [3.63, 3.8) is 0 Å². The highest BCUT2D eigenvalue weighted by molar-refractivity contribution is 6.02. The number of rotatable bonds is 10. The molecular weight excluding hydrogens is 390 g/mol. The van der Waals surface area contributed by atoms with Crippen molar-refractivity contribution < 1.29 is 14.3 Å². The van der Waals surface area contributed by atoms with Gasteiger partial charge in [0.2, 0.25) is 11.8 Å². The molecule has 31 heavy (non-hydrogen) atoms. The Morgan fingerprint density at radius 1 is 1.13 bits per heavy atom. The molecule has 0 unspecified atom stereocenters. The highest BCUT2D eigenvalue weighted by atomic mass is 16.5. The Morgan fingerprint density at radius 3 is 2.55 bits per heavy atom. The van der Waals surface area contributed by atoms with E-state index in [9.17, 15) is 9.59 Å². The van der Waals surface area contributed by atoms with E-state index in [2.05, 4.69) is 24.1 Å². The summed E-state index contributed by atoms with van der Waals surface area (Å²) in [5.41, 5.74) is 2.45. The fraction of sp³-hybridized carbons (Fsp3) is 0.360. The predicted molar refractivity (Wildman–Crippen MR) is 125 cm³/mol. The molecule has 2 amide bonds. The molecule has 1 saturated heterocycles. The van der Waals surface area contributed by atoms with E-state index in [-0.39, 0.29) is 11.8 Å². The number of hydrogen-bond acceptors (Lipinski definition) is 4. The van der Waals surface area contributed by atoms with Crippen LogP contribution in [0.1, 0.15) is 32.3 Å². The van der Waals surface area contributed by atoms with Crippen molar-refractivity contribution in [1.82, 2.24) is 4.90 Å². The summed E-state index contributed by atoms with van der Waals surface area (Å²) in [7, 11) is 0. The molecule has 6 nitrogen and oxygen atoms in total. The maximum atomic E-state index is 12.4. The van der Waals surface area contributed by atoms with Crippen molar-refractivity contribution in [2.75, 3.05) is 43.0 Å². The number of likely N-dealkylation sites (N-methyl/N-ethyl adjacent to an activating group) is 1. The van der Waals surface area contributed by atoms with Crippen LogP contribution < -0.4 is 15.0 Å². The summed E-state index contributed by atoms with van der Waals surface area (Å²) in [6.07, 6.45) is 4.78. The number of nitrogens with zero attached hydrogens (tertiary/aromatic N) is 2. The zero-order valence-electron chi connectivity index (χ0n) is 18.3. The number of nitrogens with one attached hydrogen (secondary N) is 1. The van der Waals surface area contributed by atoms with Gasteiger partial charge in [0.25, 0.3) is 0 Å². The van der Waals surface area contributed by atoms with Gasteiger partial charge in [-0.2, -0.15) is 0 Å². The van der Waals surface area contributed by atoms with Crippen LogP contribution in [0.2, 0.25) is 0 Å². The highest BCUT2D eigenvalue weighted by Crippen LogP contribution is 2.24. The summed E-state index contributed by atoms with van der Waals surface area (Å²) in [6.45, 7) is 8.40. The second-order valence-corrected chi connectivity index (χ2v) is 7.43. The van der Waals surface area contributed by atoms with Gasteiger partial charge in [-0.25, -0.2) is 0 Å². The molecule has 0 spiro atoms. The van der Waals surface area contributed by atoms with E-state index in [0.29, 0.717) is 24.5 Å². The van der Waals surface area contributed by atoms with Crippen LogP contribution in [0.3, 0.4) is 0 Å². The van der Waals surface area contributed by atoms with Gasteiger partial charge in [-0.1, -0.05) is 38.1 Å². The van der Waals surface area contributed by atoms with Gasteiger partial charge in [0.1, 0.15) is 12.4 Å². The highest BCUT2D eigenvalue weighted by Gasteiger charge is 2.21. The maximum Gasteiger partial charge on any atom is 0.248 e. The van der Waals surface area contributed by atoms with Crippen molar-refractivity contribution >= 4 is 29.3 Å². The number of carbonyl (C=O) groups excluding carboxylic acids is 2. The second kappa shape index (κ2) is 11.3. The molecule has 2 aromatic carbocycles. The Morgan fingerprint density at radius 2 is 1.87 bits per heavy atom. The zero-order chi connectivity index (χ0) is 22.1. The topological polar surface area (TPSA) is 61.9 Å². The van der Waals surface area contributed by atoms with Crippen molar-refractivity contribution in [1.29, 1.82) is 0 Å². The number of hydrogen-bond donors (Lipinski definition) is 1. The Labute approximate surface area is 184 Å². The third kappa shape index (κ3) is 6.43. The third-order valence-electron chi connectivity index (χ3n) is 5.41. The minimum absolute atomic E-state index is 0.167. The fourth-order valence-corrected chi connectivity index (χ4v) is 3.55. The Hall–Kier alpha value is -3.12. The van der Waals surface area contributed by atoms with Gasteiger partial charge < -0.3 is 19.9 Å². The number of amides is 2. The molecule has 6 heteroatoms. The van der Waals surface area contributed by atoms with E-state index < -0.39 is 0 Å². The number of para-hydroxylation sites is 2. The average molecular weight is 422 g/mol. The fourth-order valence-electron chi connectivity index (χ4n) is 3.55. The van der Waals surface area contributed by atoms with Crippen LogP contribution in [0.15, 0.2) is 54.6 Å². The first-order chi connectivity index (χ1) is 15.1. The molecular formula is C25H31N3O3. The molecule has 0 aromatic heterocycles. The normalized spacial score (nSPS) is 13.9. The van der Waals surface area contributed by atoms with Gasteiger partial charge in [0.15, 0.2) is 0 Å². The number of ether oxygens (including phenoxy) is 1. The molecule has 1 fully saturated rings. The van der Waals surface area contributed by atoms with Crippen LogP contribution in [0.4, 0.5) is 11.4 Å². The van der Waals surface area contributed by atoms with E-state index in [4.69, 9.17) is 4.74 Å². The summed E-state index contributed by atoms with van der Waals surface area (Å²) < 4.78 is 5.89. The first-order valence-corrected chi connectivity index (χ1v) is 10.9. The summed E-state index contributed by atoms with van der Waals surface area (Å²) in [6, 6.07) is 15.1. The quantitative estimate of drug-likeness (QED) is 0.585. The van der Waals surface area contributed by atoms with Crippen molar-refractivity contribution in [2.45, 2.75) is 26.7 Å². The van der Waals surface area contributed by atoms with Crippen LogP contribution >= 0.6 is 0 Å². The van der Waals surface area contributed by atoms with Gasteiger partial charge in [-0.3, -0.25) is 9.59 Å². The summed E-state index contributed by atoms with van der Waals surface area (Å²) in [5.74, 6) is 0.607. The molecule has 0 saturated carbocycles. The van der Waals surface area contributed by atoms with Gasteiger partial charge in [-0.15, -0.1) is 0 Å². The lowest BCUT2D eigenvalue weighted by Gasteiger charge is -2.19. The predicted octanol–water partition coefficient (Wildman–Crippen LogP) is 4.19. The first kappa shape index (κ1) is 22.6. The standard InChI is InChI=1S/C25H31N3O3/c1-3-27(4-2)18-19-31-23-9-6-5-8-22(23)26-24(29)16-13-20-11-14-21(15-12-20)28-17-7-10-25(28)30/h5-6,8-9,11-16H,3-4,7,10,17-19H2,1-2H3,(H,26,29). The first-order valence-electron chi connectivity index (χ1n) is 10.9. The largest absolute Gasteiger partial charge is 0.490 e. The molecule has 0 bridgehead atoms. The molecule has 2 aromatic rings. The van der Waals surface area contributed by atoms with E-state index in [0.717, 1.165) is 43.9 Å². The van der Waals surface area contributed by atoms with E-state index in [1.54, 1.807) is 11.0 Å². The maximum absolute atomic E-state index is 12.4. The van der Waals surface area contributed by atoms with Crippen LogP contribution in [0, 0.1) is 0 Å². The number of benzene rings is 2. The van der Waals surface area contributed by atoms with Crippen LogP contribution in [0.25, 0.3) is 6.08 Å². The Balaban J connectivity index is 1.55. The summed E-state index contributed by atoms with van der Waals surface area (Å²) in [4.78, 5) is 28.4. The van der Waals surface area contributed by atoms with Gasteiger partial charge >= 0.3 is 0 Å². The van der Waals surface area contributed by atoms with Crippen LogP contribution in [-0.4, -0.2) is 49.5 Å². The Bertz CT molecular complexity index is 904. The van der Waals surface area contributed by atoms with Crippen LogP contribution in [-0.2, 0) is 9.59 Å². The third-order valence-corrected chi connectivity index (χ3v) is 5.41. The summed E-state index contributed by atoms with van der Waals surface area (Å²) >= 11 is 0. The van der Waals surface area contributed by atoms with E-state index in [1.165, 1.54) is 6.08 Å². The van der Waals surface area contributed by atoms with Gasteiger partial charge in [0, 0.05) is 31.3 Å². The monoisotopic (exact) mass is 421 g/mol. The minimum atomic E-state index is -0.224. The van der Waals surface area contributed by atoms with Crippen molar-refractivity contribution in [3.05, 3.63) is 60.2 Å². The zero-order valence-corrected chi connectivity index (χ0v) is 18.3. The lowest BCUT2D eigenvalue weighted by atomic mass is 10.2. The average Bonchev–Trinajstić information content (AvgIpc) is 3.22. The van der Waals surface area contributed by atoms with Crippen LogP contribution in [0.5, 0.6) is 5.75 Å². The molecule has 1 N–H and O–H groups in total. The molecule has 164 valence electrons. The molecule has 0 radical (unpaired) electrons. The SMILES string of the molecule is CCN(CC)CCOc1ccccc1NC(=O)C=Cc1ccc(N2CCCC2=O)cc1. The second-order valence-electron chi connectivity index (χ2n) is 7.43. The Kier molecular flexibility index (Phi) is 8.24. The van der Waals surface area contributed by atoms with Gasteiger partial charge in [0.05, 0.1) is 5.69 Å². The lowest BCUT2D eigenvalue weighted by molar-refractivity contribution is -0.117. The minimum Gasteiger partial charge on any atom is -0.490 e. The smallest absolute Gasteiger partial charge is 0.248 e.